The highest BCUT2D eigenvalue weighted by Gasteiger charge is 2.33. The molecule has 1 aromatic heterocycles. The SMILES string of the molecule is O=C1/C(=C/c2ccc(F)cc2)Oc2c1ccc1c2CN(Cc2ccncc2)CO1. The fraction of sp³-hybridized carbons (Fsp3) is 0.130. The Morgan fingerprint density at radius 3 is 2.66 bits per heavy atom. The van der Waals surface area contributed by atoms with E-state index in [4.69, 9.17) is 9.47 Å². The average molecular weight is 388 g/mol. The quantitative estimate of drug-likeness (QED) is 0.630. The zero-order chi connectivity index (χ0) is 19.8. The number of pyridine rings is 1. The number of ketones is 1. The number of rotatable bonds is 3. The third-order valence-electron chi connectivity index (χ3n) is 5.01. The summed E-state index contributed by atoms with van der Waals surface area (Å²) >= 11 is 0. The van der Waals surface area contributed by atoms with Crippen LogP contribution in [-0.4, -0.2) is 22.4 Å². The molecule has 0 fully saturated rings. The van der Waals surface area contributed by atoms with Crippen molar-refractivity contribution in [1.82, 2.24) is 9.88 Å². The van der Waals surface area contributed by atoms with Crippen molar-refractivity contribution >= 4 is 11.9 Å². The van der Waals surface area contributed by atoms with E-state index in [2.05, 4.69) is 9.88 Å². The highest BCUT2D eigenvalue weighted by molar-refractivity contribution is 6.15. The number of halogens is 1. The van der Waals surface area contributed by atoms with E-state index >= 15 is 0 Å². The van der Waals surface area contributed by atoms with Gasteiger partial charge in [-0.25, -0.2) is 4.39 Å². The van der Waals surface area contributed by atoms with Gasteiger partial charge in [0.1, 0.15) is 24.0 Å². The van der Waals surface area contributed by atoms with E-state index in [1.165, 1.54) is 12.1 Å². The Labute approximate surface area is 167 Å². The van der Waals surface area contributed by atoms with Crippen molar-refractivity contribution in [2.45, 2.75) is 13.1 Å². The first-order valence-corrected chi connectivity index (χ1v) is 9.27. The number of benzene rings is 2. The number of Topliss-reactive ketones (excluding diaryl/α,β-unsaturated/α-hetero) is 1. The van der Waals surface area contributed by atoms with Gasteiger partial charge in [-0.15, -0.1) is 0 Å². The molecular formula is C23H17FN2O3. The molecule has 6 heteroatoms. The van der Waals surface area contributed by atoms with Gasteiger partial charge in [0.25, 0.3) is 0 Å². The van der Waals surface area contributed by atoms with Gasteiger partial charge in [0.05, 0.1) is 11.1 Å². The summed E-state index contributed by atoms with van der Waals surface area (Å²) in [5.74, 6) is 0.991. The molecule has 0 bridgehead atoms. The fourth-order valence-corrected chi connectivity index (χ4v) is 3.56. The standard InChI is InChI=1S/C23H17FN2O3/c24-17-3-1-15(2-4-17)11-21-22(27)18-5-6-20-19(23(18)29-21)13-26(14-28-20)12-16-7-9-25-10-8-16/h1-11H,12-14H2/b21-11-. The molecule has 3 heterocycles. The summed E-state index contributed by atoms with van der Waals surface area (Å²) in [4.78, 5) is 19.0. The molecule has 0 atom stereocenters. The lowest BCUT2D eigenvalue weighted by atomic mass is 10.0. The molecule has 0 saturated carbocycles. The Balaban J connectivity index is 1.43. The largest absolute Gasteiger partial charge is 0.478 e. The van der Waals surface area contributed by atoms with Crippen LogP contribution in [0, 0.1) is 5.82 Å². The van der Waals surface area contributed by atoms with Gasteiger partial charge < -0.3 is 9.47 Å². The van der Waals surface area contributed by atoms with Crippen LogP contribution in [0.15, 0.2) is 66.7 Å². The second kappa shape index (κ2) is 7.14. The second-order valence-corrected chi connectivity index (χ2v) is 7.03. The van der Waals surface area contributed by atoms with Crippen molar-refractivity contribution in [2.24, 2.45) is 0 Å². The van der Waals surface area contributed by atoms with Gasteiger partial charge in [0.2, 0.25) is 5.78 Å². The molecule has 2 aliphatic rings. The molecule has 0 unspecified atom stereocenters. The molecule has 5 rings (SSSR count). The highest BCUT2D eigenvalue weighted by atomic mass is 19.1. The van der Waals surface area contributed by atoms with E-state index in [9.17, 15) is 9.18 Å². The first-order valence-electron chi connectivity index (χ1n) is 9.27. The molecular weight excluding hydrogens is 371 g/mol. The van der Waals surface area contributed by atoms with Gasteiger partial charge in [-0.1, -0.05) is 12.1 Å². The van der Waals surface area contributed by atoms with Crippen LogP contribution in [0.5, 0.6) is 11.5 Å². The van der Waals surface area contributed by atoms with Gasteiger partial charge in [-0.05, 0) is 53.6 Å². The molecule has 2 aliphatic heterocycles. The zero-order valence-corrected chi connectivity index (χ0v) is 15.5. The van der Waals surface area contributed by atoms with Crippen molar-refractivity contribution < 1.29 is 18.7 Å². The van der Waals surface area contributed by atoms with Crippen LogP contribution in [0.25, 0.3) is 6.08 Å². The maximum atomic E-state index is 13.1. The smallest absolute Gasteiger partial charge is 0.231 e. The lowest BCUT2D eigenvalue weighted by Crippen LogP contribution is -2.31. The van der Waals surface area contributed by atoms with Crippen LogP contribution in [0.3, 0.4) is 0 Å². The van der Waals surface area contributed by atoms with Crippen LogP contribution in [-0.2, 0) is 13.1 Å². The van der Waals surface area contributed by atoms with Gasteiger partial charge >= 0.3 is 0 Å². The summed E-state index contributed by atoms with van der Waals surface area (Å²) in [5.41, 5.74) is 3.21. The molecule has 144 valence electrons. The number of nitrogens with zero attached hydrogens (tertiary/aromatic N) is 2. The minimum Gasteiger partial charge on any atom is -0.478 e. The Bertz CT molecular complexity index is 1110. The third kappa shape index (κ3) is 3.39. The van der Waals surface area contributed by atoms with E-state index in [1.807, 2.05) is 18.2 Å². The summed E-state index contributed by atoms with van der Waals surface area (Å²) in [6, 6.07) is 13.4. The van der Waals surface area contributed by atoms with E-state index in [0.29, 0.717) is 36.7 Å². The molecule has 0 spiro atoms. The summed E-state index contributed by atoms with van der Waals surface area (Å²) in [6.07, 6.45) is 5.16. The number of fused-ring (bicyclic) bond motifs is 3. The predicted molar refractivity (Wildman–Crippen MR) is 105 cm³/mol. The first kappa shape index (κ1) is 17.6. The monoisotopic (exact) mass is 388 g/mol. The normalized spacial score (nSPS) is 16.9. The van der Waals surface area contributed by atoms with Crippen molar-refractivity contribution in [3.8, 4) is 11.5 Å². The molecule has 5 nitrogen and oxygen atoms in total. The Kier molecular flexibility index (Phi) is 4.33. The Morgan fingerprint density at radius 1 is 1.07 bits per heavy atom. The number of carbonyl (C=O) groups is 1. The van der Waals surface area contributed by atoms with Crippen LogP contribution >= 0.6 is 0 Å². The highest BCUT2D eigenvalue weighted by Crippen LogP contribution is 2.42. The maximum Gasteiger partial charge on any atom is 0.231 e. The topological polar surface area (TPSA) is 51.7 Å². The van der Waals surface area contributed by atoms with Crippen LogP contribution < -0.4 is 9.47 Å². The average Bonchev–Trinajstić information content (AvgIpc) is 3.06. The number of carbonyl (C=O) groups excluding carboxylic acids is 1. The van der Waals surface area contributed by atoms with Gasteiger partial charge in [0, 0.05) is 25.5 Å². The van der Waals surface area contributed by atoms with E-state index < -0.39 is 0 Å². The van der Waals surface area contributed by atoms with Crippen LogP contribution in [0.1, 0.15) is 27.0 Å². The molecule has 29 heavy (non-hydrogen) atoms. The van der Waals surface area contributed by atoms with Crippen molar-refractivity contribution in [3.63, 3.8) is 0 Å². The molecule has 3 aromatic rings. The molecule has 0 saturated heterocycles. The number of aromatic nitrogens is 1. The molecule has 0 radical (unpaired) electrons. The molecule has 2 aromatic carbocycles. The summed E-state index contributed by atoms with van der Waals surface area (Å²) < 4.78 is 25.0. The third-order valence-corrected chi connectivity index (χ3v) is 5.01. The number of allylic oxidation sites excluding steroid dienone is 1. The zero-order valence-electron chi connectivity index (χ0n) is 15.5. The van der Waals surface area contributed by atoms with Crippen LogP contribution in [0.4, 0.5) is 4.39 Å². The van der Waals surface area contributed by atoms with E-state index in [-0.39, 0.29) is 17.4 Å². The summed E-state index contributed by atoms with van der Waals surface area (Å²) in [6.45, 7) is 1.77. The van der Waals surface area contributed by atoms with Gasteiger partial charge in [-0.2, -0.15) is 0 Å². The molecule has 0 N–H and O–H groups in total. The van der Waals surface area contributed by atoms with Crippen molar-refractivity contribution in [2.75, 3.05) is 6.73 Å². The van der Waals surface area contributed by atoms with E-state index in [1.54, 1.807) is 36.7 Å². The lowest BCUT2D eigenvalue weighted by molar-refractivity contribution is 0.0872. The van der Waals surface area contributed by atoms with E-state index in [0.717, 1.165) is 16.9 Å². The second-order valence-electron chi connectivity index (χ2n) is 7.03. The van der Waals surface area contributed by atoms with Gasteiger partial charge in [-0.3, -0.25) is 14.7 Å². The molecule has 0 aliphatic carbocycles. The molecule has 0 amide bonds. The Morgan fingerprint density at radius 2 is 1.86 bits per heavy atom. The van der Waals surface area contributed by atoms with Crippen LogP contribution in [0.2, 0.25) is 0 Å². The Hall–Kier alpha value is -3.51. The first-order chi connectivity index (χ1) is 14.2. The predicted octanol–water partition coefficient (Wildman–Crippen LogP) is 4.19. The van der Waals surface area contributed by atoms with Gasteiger partial charge in [0.15, 0.2) is 5.76 Å². The maximum absolute atomic E-state index is 13.1. The van der Waals surface area contributed by atoms with Crippen molar-refractivity contribution in [3.05, 3.63) is 94.8 Å². The summed E-state index contributed by atoms with van der Waals surface area (Å²) in [7, 11) is 0. The van der Waals surface area contributed by atoms with Crippen molar-refractivity contribution in [1.29, 1.82) is 0 Å². The number of ether oxygens (including phenoxy) is 2. The minimum atomic E-state index is -0.324. The lowest BCUT2D eigenvalue weighted by Gasteiger charge is -2.29. The minimum absolute atomic E-state index is 0.182. The summed E-state index contributed by atoms with van der Waals surface area (Å²) in [5, 5.41) is 0. The number of hydrogen-bond acceptors (Lipinski definition) is 5. The number of hydrogen-bond donors (Lipinski definition) is 0. The fourth-order valence-electron chi connectivity index (χ4n) is 3.56.